The Morgan fingerprint density at radius 1 is 1.28 bits per heavy atom. The van der Waals surface area contributed by atoms with Gasteiger partial charge in [-0.25, -0.2) is 0 Å². The number of carbonyl (C=O) groups is 1. The molecule has 1 aliphatic heterocycles. The number of allylic oxidation sites excluding steroid dienone is 2. The van der Waals surface area contributed by atoms with Crippen LogP contribution in [-0.4, -0.2) is 35.0 Å². The number of aliphatic hydroxyl groups is 1. The lowest BCUT2D eigenvalue weighted by atomic mass is 9.84. The van der Waals surface area contributed by atoms with E-state index in [0.717, 1.165) is 38.7 Å². The summed E-state index contributed by atoms with van der Waals surface area (Å²) >= 11 is 0. The zero-order chi connectivity index (χ0) is 18.1. The Hall–Kier alpha value is -1.13. The van der Waals surface area contributed by atoms with Crippen LogP contribution >= 0.6 is 0 Å². The van der Waals surface area contributed by atoms with Crippen molar-refractivity contribution in [3.05, 3.63) is 24.3 Å². The van der Waals surface area contributed by atoms with Crippen LogP contribution in [0.3, 0.4) is 0 Å². The number of hydrogen-bond acceptors (Lipinski definition) is 3. The van der Waals surface area contributed by atoms with Crippen LogP contribution in [0.25, 0.3) is 0 Å². The molecule has 0 aromatic rings. The number of carboxylic acid groups (broad SMARTS) is 1. The summed E-state index contributed by atoms with van der Waals surface area (Å²) in [5.74, 6) is 0.902. The summed E-state index contributed by atoms with van der Waals surface area (Å²) in [7, 11) is 0. The van der Waals surface area contributed by atoms with Crippen LogP contribution < -0.4 is 0 Å². The number of aliphatic hydroxyl groups excluding tert-OH is 1. The molecular weight excluding hydrogens is 316 g/mol. The Bertz CT molecular complexity index is 457. The summed E-state index contributed by atoms with van der Waals surface area (Å²) in [5.41, 5.74) is 0. The van der Waals surface area contributed by atoms with E-state index in [9.17, 15) is 9.90 Å². The Morgan fingerprint density at radius 2 is 2.12 bits per heavy atom. The van der Waals surface area contributed by atoms with Gasteiger partial charge in [0.2, 0.25) is 0 Å². The Kier molecular flexibility index (Phi) is 8.70. The zero-order valence-electron chi connectivity index (χ0n) is 15.5. The van der Waals surface area contributed by atoms with Gasteiger partial charge in [-0.15, -0.1) is 0 Å². The van der Waals surface area contributed by atoms with Crippen LogP contribution in [0.5, 0.6) is 0 Å². The predicted molar refractivity (Wildman–Crippen MR) is 99.4 cm³/mol. The topological polar surface area (TPSA) is 66.8 Å². The summed E-state index contributed by atoms with van der Waals surface area (Å²) in [6.07, 6.45) is 16.7. The monoisotopic (exact) mass is 350 g/mol. The molecule has 0 amide bonds. The van der Waals surface area contributed by atoms with E-state index in [4.69, 9.17) is 9.84 Å². The molecule has 0 spiro atoms. The van der Waals surface area contributed by atoms with Gasteiger partial charge in [-0.2, -0.15) is 0 Å². The van der Waals surface area contributed by atoms with Crippen molar-refractivity contribution in [2.75, 3.05) is 6.61 Å². The molecule has 0 aromatic carbocycles. The lowest BCUT2D eigenvalue weighted by Crippen LogP contribution is -2.27. The van der Waals surface area contributed by atoms with Crippen molar-refractivity contribution in [3.8, 4) is 0 Å². The van der Waals surface area contributed by atoms with Gasteiger partial charge < -0.3 is 14.9 Å². The summed E-state index contributed by atoms with van der Waals surface area (Å²) < 4.78 is 5.87. The average Bonchev–Trinajstić information content (AvgIpc) is 3.17. The lowest BCUT2D eigenvalue weighted by molar-refractivity contribution is -0.137. The molecule has 142 valence electrons. The van der Waals surface area contributed by atoms with Crippen LogP contribution in [-0.2, 0) is 9.53 Å². The molecule has 1 aliphatic carbocycles. The number of carboxylic acids is 1. The van der Waals surface area contributed by atoms with E-state index in [1.165, 1.54) is 12.8 Å². The van der Waals surface area contributed by atoms with E-state index in [1.54, 1.807) is 0 Å². The van der Waals surface area contributed by atoms with Crippen molar-refractivity contribution in [2.45, 2.75) is 76.9 Å². The molecule has 0 aromatic heterocycles. The summed E-state index contributed by atoms with van der Waals surface area (Å²) in [4.78, 5) is 10.5. The first-order valence-corrected chi connectivity index (χ1v) is 9.96. The second-order valence-electron chi connectivity index (χ2n) is 7.55. The van der Waals surface area contributed by atoms with Gasteiger partial charge in [-0.3, -0.25) is 4.79 Å². The zero-order valence-corrected chi connectivity index (χ0v) is 15.5. The SMILES string of the molecule is CCCCCC(O)/C=C\[C@@H]1[C@@H](C/C=C/CCCC(=O)O)[C@@H]2CO[C@@H]1C2. The highest BCUT2D eigenvalue weighted by Gasteiger charge is 2.46. The van der Waals surface area contributed by atoms with Crippen LogP contribution in [0.15, 0.2) is 24.3 Å². The minimum absolute atomic E-state index is 0.244. The third-order valence-corrected chi connectivity index (χ3v) is 5.58. The van der Waals surface area contributed by atoms with Gasteiger partial charge in [0.15, 0.2) is 0 Å². The van der Waals surface area contributed by atoms with E-state index in [2.05, 4.69) is 25.2 Å². The fourth-order valence-electron chi connectivity index (χ4n) is 4.15. The first kappa shape index (κ1) is 20.2. The van der Waals surface area contributed by atoms with Gasteiger partial charge in [-0.1, -0.05) is 50.5 Å². The summed E-state index contributed by atoms with van der Waals surface area (Å²) in [6.45, 7) is 3.04. The van der Waals surface area contributed by atoms with Gasteiger partial charge in [-0.05, 0) is 43.9 Å². The number of ether oxygens (including phenoxy) is 1. The van der Waals surface area contributed by atoms with E-state index in [1.807, 2.05) is 6.08 Å². The van der Waals surface area contributed by atoms with E-state index < -0.39 is 5.97 Å². The quantitative estimate of drug-likeness (QED) is 0.406. The molecule has 2 aliphatic rings. The third kappa shape index (κ3) is 6.59. The van der Waals surface area contributed by atoms with Gasteiger partial charge >= 0.3 is 5.97 Å². The maximum atomic E-state index is 10.5. The highest BCUT2D eigenvalue weighted by molar-refractivity contribution is 5.66. The van der Waals surface area contributed by atoms with Crippen LogP contribution in [0.4, 0.5) is 0 Å². The van der Waals surface area contributed by atoms with Crippen molar-refractivity contribution in [3.63, 3.8) is 0 Å². The number of rotatable bonds is 12. The summed E-state index contributed by atoms with van der Waals surface area (Å²) in [5, 5.41) is 18.8. The molecule has 1 saturated heterocycles. The maximum Gasteiger partial charge on any atom is 0.303 e. The smallest absolute Gasteiger partial charge is 0.303 e. The largest absolute Gasteiger partial charge is 0.481 e. The Balaban J connectivity index is 1.78. The molecule has 2 N–H and O–H groups in total. The third-order valence-electron chi connectivity index (χ3n) is 5.58. The highest BCUT2D eigenvalue weighted by atomic mass is 16.5. The number of hydrogen-bond donors (Lipinski definition) is 2. The second kappa shape index (κ2) is 10.8. The van der Waals surface area contributed by atoms with Crippen LogP contribution in [0.2, 0.25) is 0 Å². The van der Waals surface area contributed by atoms with Crippen LogP contribution in [0, 0.1) is 17.8 Å². The van der Waals surface area contributed by atoms with Gasteiger partial charge in [0.25, 0.3) is 0 Å². The van der Waals surface area contributed by atoms with E-state index >= 15 is 0 Å². The standard InChI is InChI=1S/C21H34O4/c1-2-3-6-9-17(22)12-13-19-18(16-14-20(19)25-15-16)10-7-4-5-8-11-21(23)24/h4,7,12-13,16-20,22H,2-3,5-6,8-11,14-15H2,1H3,(H,23,24)/b7-4+,13-12-/t16-,17?,18-,19+,20+/m0/s1. The number of aliphatic carboxylic acids is 1. The number of unbranched alkanes of at least 4 members (excludes halogenated alkanes) is 3. The van der Waals surface area contributed by atoms with E-state index in [0.29, 0.717) is 30.3 Å². The van der Waals surface area contributed by atoms with Gasteiger partial charge in [0.05, 0.1) is 18.8 Å². The molecule has 4 heteroatoms. The van der Waals surface area contributed by atoms with E-state index in [-0.39, 0.29) is 12.5 Å². The molecule has 25 heavy (non-hydrogen) atoms. The summed E-state index contributed by atoms with van der Waals surface area (Å²) in [6, 6.07) is 0. The van der Waals surface area contributed by atoms with Crippen molar-refractivity contribution < 1.29 is 19.7 Å². The fraction of sp³-hybridized carbons (Fsp3) is 0.762. The van der Waals surface area contributed by atoms with Crippen LogP contribution in [0.1, 0.15) is 64.7 Å². The molecular formula is C21H34O4. The molecule has 2 bridgehead atoms. The van der Waals surface area contributed by atoms with Crippen molar-refractivity contribution in [1.29, 1.82) is 0 Å². The van der Waals surface area contributed by atoms with Crippen molar-refractivity contribution in [1.82, 2.24) is 0 Å². The molecule has 1 unspecified atom stereocenters. The minimum atomic E-state index is -0.721. The number of fused-ring (bicyclic) bond motifs is 2. The second-order valence-corrected chi connectivity index (χ2v) is 7.55. The first-order chi connectivity index (χ1) is 12.1. The average molecular weight is 350 g/mol. The van der Waals surface area contributed by atoms with Gasteiger partial charge in [0.1, 0.15) is 0 Å². The molecule has 4 nitrogen and oxygen atoms in total. The Morgan fingerprint density at radius 3 is 2.88 bits per heavy atom. The maximum absolute atomic E-state index is 10.5. The van der Waals surface area contributed by atoms with Crippen molar-refractivity contribution in [2.24, 2.45) is 17.8 Å². The molecule has 5 atom stereocenters. The highest BCUT2D eigenvalue weighted by Crippen LogP contribution is 2.47. The molecule has 2 fully saturated rings. The van der Waals surface area contributed by atoms with Crippen molar-refractivity contribution >= 4 is 5.97 Å². The molecule has 1 saturated carbocycles. The molecule has 2 rings (SSSR count). The molecule has 0 radical (unpaired) electrons. The lowest BCUT2D eigenvalue weighted by Gasteiger charge is -2.28. The molecule has 1 heterocycles. The Labute approximate surface area is 152 Å². The normalized spacial score (nSPS) is 29.8. The fourth-order valence-corrected chi connectivity index (χ4v) is 4.15. The predicted octanol–water partition coefficient (Wildman–Crippen LogP) is 4.34. The van der Waals surface area contributed by atoms with Gasteiger partial charge in [0, 0.05) is 12.3 Å². The minimum Gasteiger partial charge on any atom is -0.481 e. The first-order valence-electron chi connectivity index (χ1n) is 9.96.